The number of benzene rings is 1. The highest BCUT2D eigenvalue weighted by atomic mass is 16.2. The van der Waals surface area contributed by atoms with Gasteiger partial charge in [0.2, 0.25) is 11.9 Å². The summed E-state index contributed by atoms with van der Waals surface area (Å²) < 4.78 is 0. The van der Waals surface area contributed by atoms with Gasteiger partial charge in [0.1, 0.15) is 11.6 Å². The third kappa shape index (κ3) is 4.72. The van der Waals surface area contributed by atoms with Gasteiger partial charge in [0.25, 0.3) is 11.5 Å². The molecule has 0 aliphatic carbocycles. The number of fused-ring (bicyclic) bond motifs is 1. The van der Waals surface area contributed by atoms with E-state index in [1.807, 2.05) is 38.1 Å². The number of para-hydroxylation sites is 1. The lowest BCUT2D eigenvalue weighted by Gasteiger charge is -2.18. The van der Waals surface area contributed by atoms with E-state index in [-0.39, 0.29) is 23.2 Å². The molecule has 30 heavy (non-hydrogen) atoms. The van der Waals surface area contributed by atoms with Gasteiger partial charge in [0, 0.05) is 5.39 Å². The maximum Gasteiger partial charge on any atom is 0.267 e. The molecule has 0 fully saturated rings. The predicted molar refractivity (Wildman–Crippen MR) is 114 cm³/mol. The van der Waals surface area contributed by atoms with E-state index in [1.165, 1.54) is 0 Å². The first kappa shape index (κ1) is 20.8. The van der Waals surface area contributed by atoms with Crippen LogP contribution in [-0.2, 0) is 4.79 Å². The topological polar surface area (TPSA) is 169 Å². The van der Waals surface area contributed by atoms with Crippen molar-refractivity contribution in [2.75, 3.05) is 10.6 Å². The molecule has 0 spiro atoms. The second-order valence-corrected chi connectivity index (χ2v) is 7.27. The predicted octanol–water partition coefficient (Wildman–Crippen LogP) is 1.47. The Labute approximate surface area is 172 Å². The van der Waals surface area contributed by atoms with Crippen molar-refractivity contribution in [1.82, 2.24) is 15.0 Å². The number of primary amides is 2. The van der Waals surface area contributed by atoms with Crippen molar-refractivity contribution in [3.63, 3.8) is 0 Å². The summed E-state index contributed by atoms with van der Waals surface area (Å²) in [6.45, 7) is 3.87. The molecule has 1 unspecified atom stereocenters. The Kier molecular flexibility index (Phi) is 5.95. The quantitative estimate of drug-likeness (QED) is 0.375. The van der Waals surface area contributed by atoms with E-state index >= 15 is 0 Å². The van der Waals surface area contributed by atoms with E-state index in [4.69, 9.17) is 11.5 Å². The maximum atomic E-state index is 12.5. The van der Waals surface area contributed by atoms with Crippen LogP contribution in [-0.4, -0.2) is 32.8 Å². The highest BCUT2D eigenvalue weighted by molar-refractivity contribution is 5.98. The van der Waals surface area contributed by atoms with Crippen molar-refractivity contribution in [3.05, 3.63) is 52.4 Å². The molecular formula is C20H23N7O3. The lowest BCUT2D eigenvalue weighted by atomic mass is 10.0. The second-order valence-electron chi connectivity index (χ2n) is 7.27. The van der Waals surface area contributed by atoms with E-state index < -0.39 is 23.4 Å². The first-order valence-corrected chi connectivity index (χ1v) is 9.36. The number of H-pyrrole nitrogens is 1. The van der Waals surface area contributed by atoms with Crippen molar-refractivity contribution in [2.24, 2.45) is 17.4 Å². The van der Waals surface area contributed by atoms with Crippen LogP contribution in [0.3, 0.4) is 0 Å². The Morgan fingerprint density at radius 1 is 1.20 bits per heavy atom. The summed E-state index contributed by atoms with van der Waals surface area (Å²) in [5, 5.41) is 6.60. The average molecular weight is 409 g/mol. The summed E-state index contributed by atoms with van der Waals surface area (Å²) in [4.78, 5) is 47.1. The van der Waals surface area contributed by atoms with Crippen molar-refractivity contribution in [1.29, 1.82) is 0 Å². The standard InChI is InChI=1S/C20H23N7O3/c1-10(2)7-14(16(21)28)25-20-26-18(15(17(22)29)19(30)27-20)24-12-8-11-5-3-4-6-13(11)23-9-12/h3-6,8-10,14H,7H2,1-2H3,(H2,21,28)(H2,22,29)(H3,24,25,26,27,30). The van der Waals surface area contributed by atoms with Crippen LogP contribution in [0, 0.1) is 5.92 Å². The van der Waals surface area contributed by atoms with Gasteiger partial charge < -0.3 is 22.1 Å². The van der Waals surface area contributed by atoms with Gasteiger partial charge in [-0.25, -0.2) is 0 Å². The molecule has 10 nitrogen and oxygen atoms in total. The van der Waals surface area contributed by atoms with Crippen LogP contribution >= 0.6 is 0 Å². The third-order valence-electron chi connectivity index (χ3n) is 4.38. The summed E-state index contributed by atoms with van der Waals surface area (Å²) in [6.07, 6.45) is 1.99. The van der Waals surface area contributed by atoms with Gasteiger partial charge in [-0.05, 0) is 24.5 Å². The third-order valence-corrected chi connectivity index (χ3v) is 4.38. The zero-order valence-corrected chi connectivity index (χ0v) is 16.6. The number of rotatable bonds is 8. The largest absolute Gasteiger partial charge is 0.368 e. The first-order valence-electron chi connectivity index (χ1n) is 9.36. The van der Waals surface area contributed by atoms with E-state index in [9.17, 15) is 14.4 Å². The molecule has 0 radical (unpaired) electrons. The minimum absolute atomic E-state index is 0.00861. The number of pyridine rings is 1. The zero-order valence-electron chi connectivity index (χ0n) is 16.6. The molecule has 10 heteroatoms. The fourth-order valence-corrected chi connectivity index (χ4v) is 3.02. The first-order chi connectivity index (χ1) is 14.2. The Hall–Kier alpha value is -3.95. The molecule has 1 aromatic carbocycles. The Bertz CT molecular complexity index is 1160. The Balaban J connectivity index is 1.99. The van der Waals surface area contributed by atoms with Crippen LogP contribution in [0.4, 0.5) is 17.5 Å². The lowest BCUT2D eigenvalue weighted by Crippen LogP contribution is -2.38. The number of amides is 2. The summed E-state index contributed by atoms with van der Waals surface area (Å²) in [7, 11) is 0. The fourth-order valence-electron chi connectivity index (χ4n) is 3.02. The van der Waals surface area contributed by atoms with Crippen LogP contribution in [0.15, 0.2) is 41.3 Å². The van der Waals surface area contributed by atoms with Gasteiger partial charge >= 0.3 is 0 Å². The summed E-state index contributed by atoms with van der Waals surface area (Å²) in [6, 6.07) is 8.53. The van der Waals surface area contributed by atoms with E-state index in [1.54, 1.807) is 12.3 Å². The maximum absolute atomic E-state index is 12.5. The van der Waals surface area contributed by atoms with Crippen LogP contribution in [0.5, 0.6) is 0 Å². The molecule has 156 valence electrons. The van der Waals surface area contributed by atoms with E-state index in [2.05, 4.69) is 25.6 Å². The SMILES string of the molecule is CC(C)CC(Nc1nc(Nc2cnc3ccccc3c2)c(C(N)=O)c(=O)[nH]1)C(N)=O. The van der Waals surface area contributed by atoms with Crippen LogP contribution in [0.2, 0.25) is 0 Å². The molecule has 0 saturated heterocycles. The molecule has 1 atom stereocenters. The number of nitrogens with two attached hydrogens (primary N) is 2. The normalized spacial score (nSPS) is 12.0. The van der Waals surface area contributed by atoms with Gasteiger partial charge in [-0.2, -0.15) is 4.98 Å². The van der Waals surface area contributed by atoms with Gasteiger partial charge in [0.15, 0.2) is 5.82 Å². The van der Waals surface area contributed by atoms with Gasteiger partial charge in [-0.15, -0.1) is 0 Å². The second kappa shape index (κ2) is 8.60. The number of hydrogen-bond donors (Lipinski definition) is 5. The van der Waals surface area contributed by atoms with Gasteiger partial charge in [-0.1, -0.05) is 32.0 Å². The van der Waals surface area contributed by atoms with E-state index in [0.717, 1.165) is 10.9 Å². The lowest BCUT2D eigenvalue weighted by molar-refractivity contribution is -0.119. The number of nitrogens with one attached hydrogen (secondary N) is 3. The molecule has 0 aliphatic rings. The molecule has 2 aromatic heterocycles. The van der Waals surface area contributed by atoms with Gasteiger partial charge in [0.05, 0.1) is 17.4 Å². The molecule has 7 N–H and O–H groups in total. The summed E-state index contributed by atoms with van der Waals surface area (Å²) >= 11 is 0. The monoisotopic (exact) mass is 409 g/mol. The molecule has 3 rings (SSSR count). The van der Waals surface area contributed by atoms with Crippen molar-refractivity contribution >= 4 is 40.2 Å². The smallest absolute Gasteiger partial charge is 0.267 e. The molecule has 2 heterocycles. The number of carbonyl (C=O) groups excluding carboxylic acids is 2. The van der Waals surface area contributed by atoms with Crippen molar-refractivity contribution in [3.8, 4) is 0 Å². The number of nitrogens with zero attached hydrogens (tertiary/aromatic N) is 2. The molecular weight excluding hydrogens is 386 g/mol. The molecule has 3 aromatic rings. The summed E-state index contributed by atoms with van der Waals surface area (Å²) in [5.41, 5.74) is 11.0. The van der Waals surface area contributed by atoms with Crippen LogP contribution in [0.25, 0.3) is 10.9 Å². The average Bonchev–Trinajstić information content (AvgIpc) is 2.66. The van der Waals surface area contributed by atoms with Crippen LogP contribution in [0.1, 0.15) is 30.6 Å². The minimum atomic E-state index is -0.944. The highest BCUT2D eigenvalue weighted by Crippen LogP contribution is 2.21. The summed E-state index contributed by atoms with van der Waals surface area (Å²) in [5.74, 6) is -1.42. The zero-order chi connectivity index (χ0) is 21.8. The molecule has 2 amide bonds. The van der Waals surface area contributed by atoms with Crippen LogP contribution < -0.4 is 27.7 Å². The number of hydrogen-bond acceptors (Lipinski definition) is 7. The highest BCUT2D eigenvalue weighted by Gasteiger charge is 2.21. The fraction of sp³-hybridized carbons (Fsp3) is 0.250. The van der Waals surface area contributed by atoms with Crippen molar-refractivity contribution in [2.45, 2.75) is 26.3 Å². The number of aromatic nitrogens is 3. The molecule has 0 bridgehead atoms. The number of anilines is 3. The number of carbonyl (C=O) groups is 2. The minimum Gasteiger partial charge on any atom is -0.368 e. The number of aromatic amines is 1. The molecule has 0 saturated carbocycles. The molecule has 0 aliphatic heterocycles. The van der Waals surface area contributed by atoms with E-state index in [0.29, 0.717) is 12.1 Å². The Morgan fingerprint density at radius 2 is 1.93 bits per heavy atom. The van der Waals surface area contributed by atoms with Crippen molar-refractivity contribution < 1.29 is 9.59 Å². The Morgan fingerprint density at radius 3 is 2.60 bits per heavy atom. The van der Waals surface area contributed by atoms with Gasteiger partial charge in [-0.3, -0.25) is 24.4 Å².